The van der Waals surface area contributed by atoms with Crippen molar-refractivity contribution in [3.05, 3.63) is 59.1 Å². The number of para-hydroxylation sites is 1. The van der Waals surface area contributed by atoms with Crippen LogP contribution in [-0.4, -0.2) is 35.3 Å². The van der Waals surface area contributed by atoms with E-state index in [2.05, 4.69) is 15.5 Å². The highest BCUT2D eigenvalue weighted by Crippen LogP contribution is 2.35. The van der Waals surface area contributed by atoms with Crippen LogP contribution in [0.1, 0.15) is 27.7 Å². The number of nitrogens with one attached hydrogen (secondary N) is 1. The molecule has 0 spiro atoms. The lowest BCUT2D eigenvalue weighted by Crippen LogP contribution is -2.24. The second-order valence-corrected chi connectivity index (χ2v) is 7.72. The van der Waals surface area contributed by atoms with Crippen LogP contribution >= 0.6 is 11.3 Å². The van der Waals surface area contributed by atoms with Crippen LogP contribution in [0, 0.1) is 0 Å². The Morgan fingerprint density at radius 1 is 1.10 bits per heavy atom. The van der Waals surface area contributed by atoms with E-state index in [-0.39, 0.29) is 24.5 Å². The summed E-state index contributed by atoms with van der Waals surface area (Å²) in [5.74, 6) is 0.868. The molecule has 0 saturated carbocycles. The molecule has 0 radical (unpaired) electrons. The highest BCUT2D eigenvalue weighted by Gasteiger charge is 2.34. The summed E-state index contributed by atoms with van der Waals surface area (Å²) in [6.45, 7) is 0.702. The second kappa shape index (κ2) is 7.17. The minimum absolute atomic E-state index is 0.0450. The van der Waals surface area contributed by atoms with E-state index in [1.807, 2.05) is 30.3 Å². The maximum absolute atomic E-state index is 12.5. The standard InChI is InChI=1S/C20H16N4O4S/c25-17-9-13(10-24(17)14-4-2-1-3-5-14)19-22-23-20(29-19)21-18(26)12-6-7-15-16(8-12)28-11-27-15/h1-8,13H,9-11H2,(H,21,23,26). The van der Waals surface area contributed by atoms with Crippen LogP contribution < -0.4 is 19.7 Å². The van der Waals surface area contributed by atoms with E-state index >= 15 is 0 Å². The predicted molar refractivity (Wildman–Crippen MR) is 107 cm³/mol. The Hall–Kier alpha value is -3.46. The number of ether oxygens (including phenoxy) is 2. The van der Waals surface area contributed by atoms with Crippen molar-refractivity contribution in [1.29, 1.82) is 0 Å². The van der Waals surface area contributed by atoms with Gasteiger partial charge in [0.2, 0.25) is 17.8 Å². The summed E-state index contributed by atoms with van der Waals surface area (Å²) in [7, 11) is 0. The number of amides is 2. The van der Waals surface area contributed by atoms with E-state index in [9.17, 15) is 9.59 Å². The summed E-state index contributed by atoms with van der Waals surface area (Å²) in [5.41, 5.74) is 1.32. The third-order valence-corrected chi connectivity index (χ3v) is 5.84. The lowest BCUT2D eigenvalue weighted by Gasteiger charge is -2.15. The van der Waals surface area contributed by atoms with Gasteiger partial charge in [0.05, 0.1) is 0 Å². The number of carbonyl (C=O) groups excluding carboxylic acids is 2. The van der Waals surface area contributed by atoms with Crippen molar-refractivity contribution >= 4 is 34.0 Å². The molecule has 2 aliphatic heterocycles. The fourth-order valence-electron chi connectivity index (χ4n) is 3.39. The topological polar surface area (TPSA) is 93.7 Å². The van der Waals surface area contributed by atoms with Crippen LogP contribution in [0.5, 0.6) is 11.5 Å². The molecule has 1 unspecified atom stereocenters. The average Bonchev–Trinajstić information content (AvgIpc) is 3.47. The monoisotopic (exact) mass is 408 g/mol. The first-order chi connectivity index (χ1) is 14.2. The number of hydrogen-bond acceptors (Lipinski definition) is 7. The molecule has 2 aromatic carbocycles. The number of rotatable bonds is 4. The van der Waals surface area contributed by atoms with Crippen LogP contribution in [0.25, 0.3) is 0 Å². The molecule has 0 bridgehead atoms. The summed E-state index contributed by atoms with van der Waals surface area (Å²) in [5, 5.41) is 12.2. The molecular formula is C20H16N4O4S. The summed E-state index contributed by atoms with van der Waals surface area (Å²) in [6, 6.07) is 14.6. The number of nitrogens with zero attached hydrogens (tertiary/aromatic N) is 3. The van der Waals surface area contributed by atoms with Crippen molar-refractivity contribution in [3.63, 3.8) is 0 Å². The highest BCUT2D eigenvalue weighted by atomic mass is 32.1. The molecule has 2 aliphatic rings. The first-order valence-corrected chi connectivity index (χ1v) is 9.89. The predicted octanol–water partition coefficient (Wildman–Crippen LogP) is 3.04. The number of carbonyl (C=O) groups is 2. The quantitative estimate of drug-likeness (QED) is 0.713. The normalized spacial score (nSPS) is 17.6. The maximum atomic E-state index is 12.5. The maximum Gasteiger partial charge on any atom is 0.257 e. The number of hydrogen-bond donors (Lipinski definition) is 1. The van der Waals surface area contributed by atoms with Crippen molar-refractivity contribution in [2.75, 3.05) is 23.6 Å². The first-order valence-electron chi connectivity index (χ1n) is 9.07. The van der Waals surface area contributed by atoms with Crippen LogP contribution in [0.4, 0.5) is 10.8 Å². The Kier molecular flexibility index (Phi) is 4.36. The van der Waals surface area contributed by atoms with Crippen LogP contribution in [-0.2, 0) is 4.79 Å². The van der Waals surface area contributed by atoms with Crippen molar-refractivity contribution in [3.8, 4) is 11.5 Å². The van der Waals surface area contributed by atoms with E-state index in [1.165, 1.54) is 11.3 Å². The minimum Gasteiger partial charge on any atom is -0.454 e. The van der Waals surface area contributed by atoms with Crippen molar-refractivity contribution in [1.82, 2.24) is 10.2 Å². The largest absolute Gasteiger partial charge is 0.454 e. The molecule has 1 fully saturated rings. The summed E-state index contributed by atoms with van der Waals surface area (Å²) >= 11 is 1.29. The van der Waals surface area contributed by atoms with E-state index in [0.717, 1.165) is 10.7 Å². The van der Waals surface area contributed by atoms with E-state index in [4.69, 9.17) is 9.47 Å². The lowest BCUT2D eigenvalue weighted by molar-refractivity contribution is -0.117. The van der Waals surface area contributed by atoms with Crippen LogP contribution in [0.3, 0.4) is 0 Å². The van der Waals surface area contributed by atoms with Gasteiger partial charge in [-0.2, -0.15) is 0 Å². The van der Waals surface area contributed by atoms with Crippen molar-refractivity contribution < 1.29 is 19.1 Å². The van der Waals surface area contributed by atoms with Gasteiger partial charge in [-0.25, -0.2) is 0 Å². The van der Waals surface area contributed by atoms with Gasteiger partial charge in [-0.15, -0.1) is 10.2 Å². The zero-order chi connectivity index (χ0) is 19.8. The van der Waals surface area contributed by atoms with E-state index in [1.54, 1.807) is 23.1 Å². The molecular weight excluding hydrogens is 392 g/mol. The molecule has 1 saturated heterocycles. The van der Waals surface area contributed by atoms with Gasteiger partial charge in [0.25, 0.3) is 5.91 Å². The number of aromatic nitrogens is 2. The Balaban J connectivity index is 1.27. The second-order valence-electron chi connectivity index (χ2n) is 6.71. The molecule has 146 valence electrons. The van der Waals surface area contributed by atoms with Gasteiger partial charge in [-0.1, -0.05) is 29.5 Å². The van der Waals surface area contributed by atoms with Gasteiger partial charge in [-0.3, -0.25) is 14.9 Å². The zero-order valence-electron chi connectivity index (χ0n) is 15.2. The lowest BCUT2D eigenvalue weighted by atomic mass is 10.1. The molecule has 3 heterocycles. The average molecular weight is 408 g/mol. The zero-order valence-corrected chi connectivity index (χ0v) is 16.0. The summed E-state index contributed by atoms with van der Waals surface area (Å²) in [4.78, 5) is 26.7. The van der Waals surface area contributed by atoms with E-state index in [0.29, 0.717) is 35.2 Å². The summed E-state index contributed by atoms with van der Waals surface area (Å²) in [6.07, 6.45) is 0.375. The smallest absolute Gasteiger partial charge is 0.257 e. The molecule has 2 amide bonds. The Morgan fingerprint density at radius 2 is 1.93 bits per heavy atom. The highest BCUT2D eigenvalue weighted by molar-refractivity contribution is 7.15. The van der Waals surface area contributed by atoms with Gasteiger partial charge in [0.15, 0.2) is 11.5 Å². The van der Waals surface area contributed by atoms with Gasteiger partial charge in [-0.05, 0) is 30.3 Å². The fourth-order valence-corrected chi connectivity index (χ4v) is 4.22. The van der Waals surface area contributed by atoms with Crippen molar-refractivity contribution in [2.45, 2.75) is 12.3 Å². The SMILES string of the molecule is O=C(Nc1nnc(C2CC(=O)N(c3ccccc3)C2)s1)c1ccc2c(c1)OCO2. The third kappa shape index (κ3) is 3.40. The molecule has 0 aliphatic carbocycles. The molecule has 9 heteroatoms. The molecule has 8 nitrogen and oxygen atoms in total. The van der Waals surface area contributed by atoms with Crippen LogP contribution in [0.2, 0.25) is 0 Å². The van der Waals surface area contributed by atoms with Gasteiger partial charge in [0.1, 0.15) is 5.01 Å². The molecule has 1 atom stereocenters. The molecule has 3 aromatic rings. The minimum atomic E-state index is -0.306. The van der Waals surface area contributed by atoms with Crippen molar-refractivity contribution in [2.24, 2.45) is 0 Å². The van der Waals surface area contributed by atoms with E-state index < -0.39 is 0 Å². The molecule has 1 N–H and O–H groups in total. The summed E-state index contributed by atoms with van der Waals surface area (Å²) < 4.78 is 10.6. The molecule has 29 heavy (non-hydrogen) atoms. The number of anilines is 2. The first kappa shape index (κ1) is 17.6. The molecule has 5 rings (SSSR count). The fraction of sp³-hybridized carbons (Fsp3) is 0.200. The van der Waals surface area contributed by atoms with Gasteiger partial charge >= 0.3 is 0 Å². The van der Waals surface area contributed by atoms with Crippen LogP contribution in [0.15, 0.2) is 48.5 Å². The Bertz CT molecular complexity index is 1090. The third-order valence-electron chi connectivity index (χ3n) is 4.84. The number of benzene rings is 2. The molecule has 1 aromatic heterocycles. The Morgan fingerprint density at radius 3 is 2.79 bits per heavy atom. The number of fused-ring (bicyclic) bond motifs is 1. The van der Waals surface area contributed by atoms with Gasteiger partial charge in [0, 0.05) is 30.1 Å². The van der Waals surface area contributed by atoms with Gasteiger partial charge < -0.3 is 14.4 Å². The Labute approximate surface area is 170 Å².